The van der Waals surface area contributed by atoms with Gasteiger partial charge in [0.2, 0.25) is 0 Å². The van der Waals surface area contributed by atoms with Crippen LogP contribution in [0.5, 0.6) is 11.5 Å². The molecule has 0 unspecified atom stereocenters. The van der Waals surface area contributed by atoms with Crippen LogP contribution in [-0.2, 0) is 6.61 Å². The number of rotatable bonds is 8. The molecule has 2 aromatic carbocycles. The number of carbonyl (C=O) groups is 1. The number of carbonyl (C=O) groups excluding carboxylic acids is 1. The quantitative estimate of drug-likeness (QED) is 0.346. The van der Waals surface area contributed by atoms with Crippen molar-refractivity contribution in [2.24, 2.45) is 5.10 Å². The number of hydrazone groups is 1. The molecular weight excluding hydrogens is 460 g/mol. The molecule has 0 radical (unpaired) electrons. The fourth-order valence-corrected chi connectivity index (χ4v) is 3.22. The van der Waals surface area contributed by atoms with Crippen LogP contribution in [0.4, 0.5) is 0 Å². The Labute approximate surface area is 181 Å². The van der Waals surface area contributed by atoms with Crippen LogP contribution in [0.3, 0.4) is 0 Å². The largest absolute Gasteiger partial charge is 0.490 e. The maximum Gasteiger partial charge on any atom is 0.307 e. The number of halogens is 2. The minimum Gasteiger partial charge on any atom is -0.490 e. The molecule has 0 saturated heterocycles. The highest BCUT2D eigenvalue weighted by molar-refractivity contribution is 9.10. The predicted molar refractivity (Wildman–Crippen MR) is 115 cm³/mol. The minimum absolute atomic E-state index is 0.182. The van der Waals surface area contributed by atoms with Crippen molar-refractivity contribution in [3.05, 3.63) is 81.2 Å². The van der Waals surface area contributed by atoms with Crippen LogP contribution in [0.1, 0.15) is 28.6 Å². The van der Waals surface area contributed by atoms with Crippen LogP contribution in [-0.4, -0.2) is 18.7 Å². The average Bonchev–Trinajstić information content (AvgIpc) is 3.24. The Bertz CT molecular complexity index is 1010. The zero-order valence-electron chi connectivity index (χ0n) is 15.5. The van der Waals surface area contributed by atoms with Crippen molar-refractivity contribution in [2.75, 3.05) is 6.61 Å². The summed E-state index contributed by atoms with van der Waals surface area (Å²) >= 11 is 9.71. The summed E-state index contributed by atoms with van der Waals surface area (Å²) in [6.45, 7) is 2.64. The molecule has 0 aliphatic heterocycles. The SMILES string of the molecule is CCOc1cc(/C=N\NC(=O)c2ccco2)cc(Br)c1OCc1ccccc1Cl. The highest BCUT2D eigenvalue weighted by atomic mass is 79.9. The molecule has 1 N–H and O–H groups in total. The Morgan fingerprint density at radius 3 is 2.79 bits per heavy atom. The highest BCUT2D eigenvalue weighted by Crippen LogP contribution is 2.37. The summed E-state index contributed by atoms with van der Waals surface area (Å²) in [5, 5.41) is 4.59. The highest BCUT2D eigenvalue weighted by Gasteiger charge is 2.13. The molecule has 1 amide bonds. The molecule has 0 atom stereocenters. The van der Waals surface area contributed by atoms with Crippen LogP contribution in [0.15, 0.2) is 68.8 Å². The van der Waals surface area contributed by atoms with E-state index in [9.17, 15) is 4.79 Å². The molecule has 3 aromatic rings. The second kappa shape index (κ2) is 10.1. The third kappa shape index (κ3) is 5.62. The number of benzene rings is 2. The molecule has 8 heteroatoms. The molecule has 0 bridgehead atoms. The van der Waals surface area contributed by atoms with Gasteiger partial charge in [0.1, 0.15) is 6.61 Å². The van der Waals surface area contributed by atoms with Gasteiger partial charge in [0.25, 0.3) is 0 Å². The maximum atomic E-state index is 11.9. The average molecular weight is 478 g/mol. The molecule has 0 spiro atoms. The fraction of sp³-hybridized carbons (Fsp3) is 0.143. The number of furan rings is 1. The molecule has 0 fully saturated rings. The van der Waals surface area contributed by atoms with Gasteiger partial charge in [-0.05, 0) is 58.7 Å². The van der Waals surface area contributed by atoms with E-state index in [1.54, 1.807) is 18.2 Å². The van der Waals surface area contributed by atoms with Crippen molar-refractivity contribution in [1.29, 1.82) is 0 Å². The van der Waals surface area contributed by atoms with Gasteiger partial charge < -0.3 is 13.9 Å². The van der Waals surface area contributed by atoms with E-state index < -0.39 is 5.91 Å². The predicted octanol–water partition coefficient (Wildman–Crippen LogP) is 5.44. The number of hydrogen-bond donors (Lipinski definition) is 1. The minimum atomic E-state index is -0.435. The summed E-state index contributed by atoms with van der Waals surface area (Å²) < 4.78 is 17.4. The molecule has 0 saturated carbocycles. The van der Waals surface area contributed by atoms with Crippen molar-refractivity contribution in [3.8, 4) is 11.5 Å². The van der Waals surface area contributed by atoms with E-state index in [4.69, 9.17) is 25.5 Å². The first-order chi connectivity index (χ1) is 14.1. The van der Waals surface area contributed by atoms with Gasteiger partial charge in [0, 0.05) is 10.6 Å². The van der Waals surface area contributed by atoms with Gasteiger partial charge in [-0.15, -0.1) is 0 Å². The van der Waals surface area contributed by atoms with E-state index in [0.29, 0.717) is 39.8 Å². The lowest BCUT2D eigenvalue weighted by molar-refractivity contribution is 0.0927. The van der Waals surface area contributed by atoms with E-state index >= 15 is 0 Å². The van der Waals surface area contributed by atoms with Gasteiger partial charge in [-0.2, -0.15) is 5.10 Å². The number of nitrogens with one attached hydrogen (secondary N) is 1. The zero-order valence-corrected chi connectivity index (χ0v) is 17.9. The molecule has 1 aromatic heterocycles. The van der Waals surface area contributed by atoms with E-state index in [0.717, 1.165) is 5.56 Å². The summed E-state index contributed by atoms with van der Waals surface area (Å²) in [5.41, 5.74) is 3.99. The summed E-state index contributed by atoms with van der Waals surface area (Å²) in [6, 6.07) is 14.3. The molecule has 0 aliphatic carbocycles. The smallest absolute Gasteiger partial charge is 0.307 e. The maximum absolute atomic E-state index is 11.9. The fourth-order valence-electron chi connectivity index (χ4n) is 2.46. The van der Waals surface area contributed by atoms with Gasteiger partial charge in [0.05, 0.1) is 23.6 Å². The standard InChI is InChI=1S/C21H18BrClN2O4/c1-2-27-19-11-14(12-24-25-21(26)18-8-5-9-28-18)10-16(22)20(19)29-13-15-6-3-4-7-17(15)23/h3-12H,2,13H2,1H3,(H,25,26)/b24-12-. The number of hydrogen-bond acceptors (Lipinski definition) is 5. The van der Waals surface area contributed by atoms with E-state index in [1.807, 2.05) is 37.3 Å². The normalized spacial score (nSPS) is 10.9. The van der Waals surface area contributed by atoms with Crippen molar-refractivity contribution in [3.63, 3.8) is 0 Å². The van der Waals surface area contributed by atoms with E-state index in [2.05, 4.69) is 26.5 Å². The second-order valence-electron chi connectivity index (χ2n) is 5.82. The lowest BCUT2D eigenvalue weighted by Gasteiger charge is -2.15. The third-order valence-electron chi connectivity index (χ3n) is 3.79. The first kappa shape index (κ1) is 21.0. The molecule has 1 heterocycles. The van der Waals surface area contributed by atoms with Crippen LogP contribution in [0.2, 0.25) is 5.02 Å². The van der Waals surface area contributed by atoms with Gasteiger partial charge in [0.15, 0.2) is 17.3 Å². The summed E-state index contributed by atoms with van der Waals surface area (Å²) in [5.74, 6) is 0.855. The zero-order chi connectivity index (χ0) is 20.6. The number of nitrogens with zero attached hydrogens (tertiary/aromatic N) is 1. The van der Waals surface area contributed by atoms with E-state index in [1.165, 1.54) is 12.5 Å². The lowest BCUT2D eigenvalue weighted by Crippen LogP contribution is -2.16. The summed E-state index contributed by atoms with van der Waals surface area (Å²) in [7, 11) is 0. The first-order valence-corrected chi connectivity index (χ1v) is 9.95. The van der Waals surface area contributed by atoms with Gasteiger partial charge in [-0.25, -0.2) is 5.43 Å². The number of amides is 1. The Kier molecular flexibility index (Phi) is 7.32. The molecular formula is C21H18BrClN2O4. The number of ether oxygens (including phenoxy) is 2. The first-order valence-electron chi connectivity index (χ1n) is 8.78. The summed E-state index contributed by atoms with van der Waals surface area (Å²) in [6.07, 6.45) is 2.93. The van der Waals surface area contributed by atoms with Gasteiger partial charge in [-0.3, -0.25) is 4.79 Å². The van der Waals surface area contributed by atoms with Crippen LogP contribution in [0, 0.1) is 0 Å². The lowest BCUT2D eigenvalue weighted by atomic mass is 10.2. The van der Waals surface area contributed by atoms with Crippen LogP contribution < -0.4 is 14.9 Å². The molecule has 150 valence electrons. The molecule has 29 heavy (non-hydrogen) atoms. The Balaban J connectivity index is 1.74. The Hall–Kier alpha value is -2.77. The monoisotopic (exact) mass is 476 g/mol. The Morgan fingerprint density at radius 1 is 1.24 bits per heavy atom. The third-order valence-corrected chi connectivity index (χ3v) is 4.74. The van der Waals surface area contributed by atoms with Crippen molar-refractivity contribution in [2.45, 2.75) is 13.5 Å². The van der Waals surface area contributed by atoms with E-state index in [-0.39, 0.29) is 5.76 Å². The van der Waals surface area contributed by atoms with Gasteiger partial charge in [-0.1, -0.05) is 29.8 Å². The topological polar surface area (TPSA) is 73.1 Å². The Morgan fingerprint density at radius 2 is 2.07 bits per heavy atom. The molecule has 0 aliphatic rings. The van der Waals surface area contributed by atoms with Crippen LogP contribution in [0.25, 0.3) is 0 Å². The second-order valence-corrected chi connectivity index (χ2v) is 7.08. The molecule has 3 rings (SSSR count). The molecule has 6 nitrogen and oxygen atoms in total. The summed E-state index contributed by atoms with van der Waals surface area (Å²) in [4.78, 5) is 11.9. The van der Waals surface area contributed by atoms with Crippen molar-refractivity contribution in [1.82, 2.24) is 5.43 Å². The van der Waals surface area contributed by atoms with Crippen molar-refractivity contribution < 1.29 is 18.7 Å². The van der Waals surface area contributed by atoms with Gasteiger partial charge >= 0.3 is 5.91 Å². The van der Waals surface area contributed by atoms with Crippen LogP contribution >= 0.6 is 27.5 Å². The van der Waals surface area contributed by atoms with Crippen molar-refractivity contribution >= 4 is 39.7 Å².